The van der Waals surface area contributed by atoms with Crippen molar-refractivity contribution in [3.63, 3.8) is 0 Å². The number of carboxylic acids is 1. The fourth-order valence-electron chi connectivity index (χ4n) is 3.60. The second kappa shape index (κ2) is 8.22. The summed E-state index contributed by atoms with van der Waals surface area (Å²) in [6, 6.07) is 13.5. The van der Waals surface area contributed by atoms with E-state index in [0.717, 1.165) is 18.4 Å². The van der Waals surface area contributed by atoms with E-state index in [1.165, 1.54) is 0 Å². The molecule has 8 nitrogen and oxygen atoms in total. The highest BCUT2D eigenvalue weighted by atomic mass is 16.7. The summed E-state index contributed by atoms with van der Waals surface area (Å²) in [5, 5.41) is 9.94. The minimum absolute atomic E-state index is 0.0923. The molecule has 2 aliphatic heterocycles. The van der Waals surface area contributed by atoms with Gasteiger partial charge in [-0.15, -0.1) is 0 Å². The Labute approximate surface area is 183 Å². The van der Waals surface area contributed by atoms with Crippen molar-refractivity contribution >= 4 is 5.97 Å². The Bertz CT molecular complexity index is 1190. The molecule has 2 heterocycles. The van der Waals surface area contributed by atoms with Crippen LogP contribution >= 0.6 is 0 Å². The van der Waals surface area contributed by atoms with E-state index in [0.29, 0.717) is 34.5 Å². The van der Waals surface area contributed by atoms with Gasteiger partial charge in [-0.25, -0.2) is 4.79 Å². The lowest BCUT2D eigenvalue weighted by Gasteiger charge is -2.16. The van der Waals surface area contributed by atoms with E-state index in [1.807, 2.05) is 6.07 Å². The van der Waals surface area contributed by atoms with Crippen molar-refractivity contribution in [1.29, 1.82) is 0 Å². The number of aromatic carboxylic acids is 1. The third-order valence-electron chi connectivity index (χ3n) is 5.07. The van der Waals surface area contributed by atoms with Crippen LogP contribution in [0.4, 0.5) is 0 Å². The molecule has 164 valence electrons. The molecule has 0 amide bonds. The van der Waals surface area contributed by atoms with E-state index in [9.17, 15) is 9.90 Å². The first-order valence-electron chi connectivity index (χ1n) is 10.2. The van der Waals surface area contributed by atoms with Crippen LogP contribution in [0.5, 0.6) is 46.0 Å². The Morgan fingerprint density at radius 2 is 1.50 bits per heavy atom. The summed E-state index contributed by atoms with van der Waals surface area (Å²) in [6.45, 7) is 2.33. The molecule has 32 heavy (non-hydrogen) atoms. The van der Waals surface area contributed by atoms with Crippen molar-refractivity contribution in [2.45, 2.75) is 19.8 Å². The third-order valence-corrected chi connectivity index (χ3v) is 5.07. The average Bonchev–Trinajstić information content (AvgIpc) is 3.42. The Morgan fingerprint density at radius 3 is 2.22 bits per heavy atom. The monoisotopic (exact) mass is 436 g/mol. The molecular weight excluding hydrogens is 416 g/mol. The lowest BCUT2D eigenvalue weighted by atomic mass is 10.1. The maximum atomic E-state index is 12.2. The number of carbonyl (C=O) groups is 1. The van der Waals surface area contributed by atoms with Gasteiger partial charge in [0.15, 0.2) is 23.0 Å². The van der Waals surface area contributed by atoms with E-state index in [2.05, 4.69) is 6.92 Å². The summed E-state index contributed by atoms with van der Waals surface area (Å²) < 4.78 is 33.6. The van der Waals surface area contributed by atoms with Gasteiger partial charge in [0.2, 0.25) is 13.6 Å². The van der Waals surface area contributed by atoms with Crippen molar-refractivity contribution in [2.75, 3.05) is 13.6 Å². The van der Waals surface area contributed by atoms with Gasteiger partial charge < -0.3 is 33.5 Å². The lowest BCUT2D eigenvalue weighted by Crippen LogP contribution is -2.04. The van der Waals surface area contributed by atoms with Crippen molar-refractivity contribution in [3.05, 3.63) is 59.7 Å². The van der Waals surface area contributed by atoms with Gasteiger partial charge in [0.25, 0.3) is 0 Å². The minimum atomic E-state index is -1.17. The number of benzene rings is 3. The molecule has 0 aromatic heterocycles. The smallest absolute Gasteiger partial charge is 0.343 e. The van der Waals surface area contributed by atoms with Gasteiger partial charge in [0, 0.05) is 12.1 Å². The Kier molecular flexibility index (Phi) is 5.10. The quantitative estimate of drug-likeness (QED) is 0.528. The summed E-state index contributed by atoms with van der Waals surface area (Å²) in [5.41, 5.74) is 0.806. The highest BCUT2D eigenvalue weighted by Gasteiger charge is 2.23. The molecule has 0 aliphatic carbocycles. The molecule has 0 saturated heterocycles. The number of aryl methyl sites for hydroxylation is 1. The van der Waals surface area contributed by atoms with Crippen LogP contribution in [0.25, 0.3) is 0 Å². The zero-order valence-electron chi connectivity index (χ0n) is 17.3. The largest absolute Gasteiger partial charge is 0.477 e. The molecule has 0 bridgehead atoms. The Morgan fingerprint density at radius 1 is 0.844 bits per heavy atom. The highest BCUT2D eigenvalue weighted by molar-refractivity contribution is 5.94. The van der Waals surface area contributed by atoms with Gasteiger partial charge in [-0.2, -0.15) is 0 Å². The Balaban J connectivity index is 1.50. The van der Waals surface area contributed by atoms with E-state index in [1.54, 1.807) is 42.5 Å². The molecular formula is C24H20O8. The molecule has 2 aliphatic rings. The summed E-state index contributed by atoms with van der Waals surface area (Å²) in [5.74, 6) is 2.43. The second-order valence-corrected chi connectivity index (χ2v) is 7.22. The summed E-state index contributed by atoms with van der Waals surface area (Å²) >= 11 is 0. The van der Waals surface area contributed by atoms with Crippen LogP contribution in [0.1, 0.15) is 29.3 Å². The molecule has 8 heteroatoms. The lowest BCUT2D eigenvalue weighted by molar-refractivity contribution is 0.0691. The van der Waals surface area contributed by atoms with E-state index < -0.39 is 5.97 Å². The molecule has 0 atom stereocenters. The topological polar surface area (TPSA) is 92.7 Å². The van der Waals surface area contributed by atoms with Gasteiger partial charge in [-0.05, 0) is 42.3 Å². The van der Waals surface area contributed by atoms with E-state index in [4.69, 9.17) is 28.4 Å². The second-order valence-electron chi connectivity index (χ2n) is 7.22. The highest BCUT2D eigenvalue weighted by Crippen LogP contribution is 2.43. The molecule has 0 radical (unpaired) electrons. The number of hydrogen-bond acceptors (Lipinski definition) is 7. The van der Waals surface area contributed by atoms with Gasteiger partial charge >= 0.3 is 5.97 Å². The van der Waals surface area contributed by atoms with Crippen LogP contribution in [0.2, 0.25) is 0 Å². The van der Waals surface area contributed by atoms with E-state index in [-0.39, 0.29) is 30.6 Å². The van der Waals surface area contributed by atoms with Crippen LogP contribution in [0.3, 0.4) is 0 Å². The predicted octanol–water partition coefficient (Wildman–Crippen LogP) is 5.38. The summed E-state index contributed by atoms with van der Waals surface area (Å²) in [4.78, 5) is 12.2. The first kappa shape index (κ1) is 19.9. The summed E-state index contributed by atoms with van der Waals surface area (Å²) in [7, 11) is 0. The third kappa shape index (κ3) is 3.71. The molecule has 0 spiro atoms. The number of rotatable bonds is 7. The summed E-state index contributed by atoms with van der Waals surface area (Å²) in [6.07, 6.45) is 1.62. The predicted molar refractivity (Wildman–Crippen MR) is 113 cm³/mol. The zero-order valence-corrected chi connectivity index (χ0v) is 17.3. The molecule has 3 aromatic rings. The molecule has 5 rings (SSSR count). The normalized spacial score (nSPS) is 13.2. The first-order valence-corrected chi connectivity index (χ1v) is 10.2. The standard InChI is InChI=1S/C24H20O8/c1-2-4-14-9-20-22(30-13-28-20)11-19(14)32-18-6-3-5-17(23(18)24(25)26)31-15-7-8-16-21(10-15)29-12-27-16/h3,5-11H,2,4,12-13H2,1H3,(H,25,26). The van der Waals surface area contributed by atoms with Crippen LogP contribution in [0.15, 0.2) is 48.5 Å². The van der Waals surface area contributed by atoms with Gasteiger partial charge in [0.1, 0.15) is 28.6 Å². The molecule has 3 aromatic carbocycles. The van der Waals surface area contributed by atoms with Gasteiger partial charge in [-0.3, -0.25) is 0 Å². The van der Waals surface area contributed by atoms with Crippen LogP contribution in [-0.4, -0.2) is 24.7 Å². The van der Waals surface area contributed by atoms with Gasteiger partial charge in [0.05, 0.1) is 0 Å². The zero-order chi connectivity index (χ0) is 22.1. The van der Waals surface area contributed by atoms with Crippen molar-refractivity contribution in [2.24, 2.45) is 0 Å². The molecule has 1 N–H and O–H groups in total. The van der Waals surface area contributed by atoms with Crippen molar-refractivity contribution < 1.29 is 38.3 Å². The molecule has 0 saturated carbocycles. The Hall–Kier alpha value is -4.07. The maximum absolute atomic E-state index is 12.2. The van der Waals surface area contributed by atoms with Crippen molar-refractivity contribution in [3.8, 4) is 46.0 Å². The number of fused-ring (bicyclic) bond motifs is 2. The van der Waals surface area contributed by atoms with Crippen LogP contribution in [-0.2, 0) is 6.42 Å². The fourth-order valence-corrected chi connectivity index (χ4v) is 3.60. The first-order chi connectivity index (χ1) is 15.6. The molecule has 0 fully saturated rings. The molecule has 0 unspecified atom stereocenters. The SMILES string of the molecule is CCCc1cc2c(cc1Oc1cccc(Oc3ccc4c(c3)OCO4)c1C(=O)O)OCO2. The number of carboxylic acid groups (broad SMARTS) is 1. The number of hydrogen-bond donors (Lipinski definition) is 1. The fraction of sp³-hybridized carbons (Fsp3) is 0.208. The van der Waals surface area contributed by atoms with Crippen molar-refractivity contribution in [1.82, 2.24) is 0 Å². The van der Waals surface area contributed by atoms with Gasteiger partial charge in [-0.1, -0.05) is 19.4 Å². The number of ether oxygens (including phenoxy) is 6. The van der Waals surface area contributed by atoms with Crippen LogP contribution in [0, 0.1) is 0 Å². The maximum Gasteiger partial charge on any atom is 0.343 e. The van der Waals surface area contributed by atoms with Crippen LogP contribution < -0.4 is 28.4 Å². The average molecular weight is 436 g/mol. The minimum Gasteiger partial charge on any atom is -0.477 e. The van der Waals surface area contributed by atoms with E-state index >= 15 is 0 Å².